The lowest BCUT2D eigenvalue weighted by atomic mass is 10.1. The molecule has 2 aromatic heterocycles. The molecule has 3 heterocycles. The van der Waals surface area contributed by atoms with E-state index < -0.39 is 0 Å². The molecule has 92 valence electrons. The lowest BCUT2D eigenvalue weighted by molar-refractivity contribution is -0.117. The molecule has 0 bridgehead atoms. The van der Waals surface area contributed by atoms with Crippen LogP contribution in [0.5, 0.6) is 0 Å². The van der Waals surface area contributed by atoms with Gasteiger partial charge in [-0.15, -0.1) is 0 Å². The molecule has 0 spiro atoms. The van der Waals surface area contributed by atoms with Gasteiger partial charge in [-0.2, -0.15) is 12.6 Å². The zero-order valence-electron chi connectivity index (χ0n) is 9.78. The van der Waals surface area contributed by atoms with Crippen LogP contribution in [0.25, 0.3) is 10.9 Å². The average Bonchev–Trinajstić information content (AvgIpc) is 2.79. The lowest BCUT2D eigenvalue weighted by Crippen LogP contribution is -2.26. The van der Waals surface area contributed by atoms with E-state index in [1.165, 1.54) is 0 Å². The van der Waals surface area contributed by atoms with Gasteiger partial charge in [0.05, 0.1) is 0 Å². The normalized spacial score (nSPS) is 19.7. The second kappa shape index (κ2) is 4.57. The van der Waals surface area contributed by atoms with E-state index in [2.05, 4.69) is 22.6 Å². The highest BCUT2D eigenvalue weighted by Crippen LogP contribution is 2.28. The molecule has 5 heteroatoms. The zero-order chi connectivity index (χ0) is 12.5. The maximum atomic E-state index is 12.0. The highest BCUT2D eigenvalue weighted by atomic mass is 32.1. The number of anilines is 1. The standard InChI is InChI=1S/C13H13N3OS/c17-11-6-9(8-18)7-16(11)13-12-10(3-5-15-13)2-1-4-14-12/h1-5,9,18H,6-8H2. The van der Waals surface area contributed by atoms with E-state index in [9.17, 15) is 4.79 Å². The van der Waals surface area contributed by atoms with Crippen molar-refractivity contribution < 1.29 is 4.79 Å². The van der Waals surface area contributed by atoms with E-state index in [0.29, 0.717) is 24.7 Å². The summed E-state index contributed by atoms with van der Waals surface area (Å²) in [7, 11) is 0. The number of rotatable bonds is 2. The number of fused-ring (bicyclic) bond motifs is 1. The van der Waals surface area contributed by atoms with Gasteiger partial charge in [0.15, 0.2) is 5.82 Å². The second-order valence-corrected chi connectivity index (χ2v) is 4.83. The molecule has 18 heavy (non-hydrogen) atoms. The van der Waals surface area contributed by atoms with Crippen molar-refractivity contribution in [3.8, 4) is 0 Å². The number of pyridine rings is 2. The molecule has 4 nitrogen and oxygen atoms in total. The number of hydrogen-bond acceptors (Lipinski definition) is 4. The second-order valence-electron chi connectivity index (χ2n) is 4.47. The van der Waals surface area contributed by atoms with Crippen molar-refractivity contribution in [3.63, 3.8) is 0 Å². The van der Waals surface area contributed by atoms with Crippen molar-refractivity contribution in [2.45, 2.75) is 6.42 Å². The first kappa shape index (κ1) is 11.5. The minimum Gasteiger partial charge on any atom is -0.295 e. The largest absolute Gasteiger partial charge is 0.295 e. The topological polar surface area (TPSA) is 46.1 Å². The molecule has 1 unspecified atom stereocenters. The molecule has 0 radical (unpaired) electrons. The molecule has 1 saturated heterocycles. The van der Waals surface area contributed by atoms with Crippen molar-refractivity contribution >= 4 is 35.3 Å². The number of carbonyl (C=O) groups is 1. The minimum atomic E-state index is 0.111. The number of carbonyl (C=O) groups excluding carboxylic acids is 1. The molecule has 0 N–H and O–H groups in total. The van der Waals surface area contributed by atoms with Crippen LogP contribution in [0.4, 0.5) is 5.82 Å². The minimum absolute atomic E-state index is 0.111. The Morgan fingerprint density at radius 1 is 1.33 bits per heavy atom. The number of aromatic nitrogens is 2. The number of thiol groups is 1. The molecule has 1 atom stereocenters. The molecule has 1 fully saturated rings. The predicted molar refractivity (Wildman–Crippen MR) is 73.9 cm³/mol. The summed E-state index contributed by atoms with van der Waals surface area (Å²) in [4.78, 5) is 22.4. The van der Waals surface area contributed by atoms with Crippen LogP contribution in [0.15, 0.2) is 30.6 Å². The summed E-state index contributed by atoms with van der Waals surface area (Å²) >= 11 is 4.27. The summed E-state index contributed by atoms with van der Waals surface area (Å²) in [6, 6.07) is 5.76. The van der Waals surface area contributed by atoms with E-state index >= 15 is 0 Å². The Labute approximate surface area is 110 Å². The van der Waals surface area contributed by atoms with E-state index in [1.54, 1.807) is 17.3 Å². The zero-order valence-corrected chi connectivity index (χ0v) is 10.7. The third kappa shape index (κ3) is 1.84. The van der Waals surface area contributed by atoms with Crippen molar-refractivity contribution in [1.29, 1.82) is 0 Å². The Hall–Kier alpha value is -1.62. The van der Waals surface area contributed by atoms with E-state index in [-0.39, 0.29) is 5.91 Å². The average molecular weight is 259 g/mol. The molecule has 0 aliphatic carbocycles. The van der Waals surface area contributed by atoms with Gasteiger partial charge >= 0.3 is 0 Å². The fourth-order valence-corrected chi connectivity index (χ4v) is 2.54. The van der Waals surface area contributed by atoms with Crippen molar-refractivity contribution in [2.24, 2.45) is 5.92 Å². The fraction of sp³-hybridized carbons (Fsp3) is 0.308. The summed E-state index contributed by atoms with van der Waals surface area (Å²) in [6.07, 6.45) is 4.00. The molecule has 0 saturated carbocycles. The van der Waals surface area contributed by atoms with Crippen molar-refractivity contribution in [2.75, 3.05) is 17.2 Å². The van der Waals surface area contributed by atoms with Gasteiger partial charge in [-0.3, -0.25) is 14.7 Å². The molecule has 1 aliphatic rings. The molecule has 0 aromatic carbocycles. The van der Waals surface area contributed by atoms with Gasteiger partial charge in [0.2, 0.25) is 5.91 Å². The van der Waals surface area contributed by atoms with Crippen molar-refractivity contribution in [3.05, 3.63) is 30.6 Å². The quantitative estimate of drug-likeness (QED) is 0.838. The Bertz CT molecular complexity index is 596. The summed E-state index contributed by atoms with van der Waals surface area (Å²) in [5.41, 5.74) is 0.785. The van der Waals surface area contributed by atoms with Crippen LogP contribution in [0, 0.1) is 5.92 Å². The van der Waals surface area contributed by atoms with E-state index in [1.807, 2.05) is 18.2 Å². The highest BCUT2D eigenvalue weighted by molar-refractivity contribution is 7.80. The predicted octanol–water partition coefficient (Wildman–Crippen LogP) is 1.91. The molecular formula is C13H13N3OS. The Balaban J connectivity index is 2.07. The van der Waals surface area contributed by atoms with Crippen molar-refractivity contribution in [1.82, 2.24) is 9.97 Å². The van der Waals surface area contributed by atoms with E-state index in [4.69, 9.17) is 0 Å². The van der Waals surface area contributed by atoms with Gasteiger partial charge in [0.1, 0.15) is 5.52 Å². The molecule has 1 amide bonds. The summed E-state index contributed by atoms with van der Waals surface area (Å²) < 4.78 is 0. The van der Waals surface area contributed by atoms with Crippen LogP contribution in [0.3, 0.4) is 0 Å². The maximum absolute atomic E-state index is 12.0. The van der Waals surface area contributed by atoms with Crippen LogP contribution in [-0.2, 0) is 4.79 Å². The summed E-state index contributed by atoms with van der Waals surface area (Å²) in [6.45, 7) is 0.686. The third-order valence-electron chi connectivity index (χ3n) is 3.22. The SMILES string of the molecule is O=C1CC(CS)CN1c1nccc2cccnc12. The monoisotopic (exact) mass is 259 g/mol. The van der Waals surface area contributed by atoms with E-state index in [0.717, 1.165) is 16.7 Å². The maximum Gasteiger partial charge on any atom is 0.228 e. The van der Waals surface area contributed by atoms with Crippen LogP contribution in [0.2, 0.25) is 0 Å². The van der Waals surface area contributed by atoms with Crippen LogP contribution in [-0.4, -0.2) is 28.2 Å². The summed E-state index contributed by atoms with van der Waals surface area (Å²) in [5.74, 6) is 1.81. The number of hydrogen-bond donors (Lipinski definition) is 1. The van der Waals surface area contributed by atoms with Gasteiger partial charge in [-0.05, 0) is 23.8 Å². The van der Waals surface area contributed by atoms with Gasteiger partial charge in [0, 0.05) is 30.7 Å². The molecular weight excluding hydrogens is 246 g/mol. The molecule has 2 aromatic rings. The van der Waals surface area contributed by atoms with Crippen LogP contribution in [0.1, 0.15) is 6.42 Å². The summed E-state index contributed by atoms with van der Waals surface area (Å²) in [5, 5.41) is 1.00. The number of amides is 1. The van der Waals surface area contributed by atoms with Gasteiger partial charge < -0.3 is 0 Å². The van der Waals surface area contributed by atoms with Gasteiger partial charge in [-0.1, -0.05) is 6.07 Å². The first-order valence-corrected chi connectivity index (χ1v) is 6.54. The Kier molecular flexibility index (Phi) is 2.91. The molecule has 3 rings (SSSR count). The van der Waals surface area contributed by atoms with Gasteiger partial charge in [0.25, 0.3) is 0 Å². The van der Waals surface area contributed by atoms with Crippen LogP contribution < -0.4 is 4.90 Å². The highest BCUT2D eigenvalue weighted by Gasteiger charge is 2.31. The molecule has 1 aliphatic heterocycles. The Morgan fingerprint density at radius 3 is 3.00 bits per heavy atom. The lowest BCUT2D eigenvalue weighted by Gasteiger charge is -2.16. The third-order valence-corrected chi connectivity index (χ3v) is 3.74. The first-order chi connectivity index (χ1) is 8.79. The van der Waals surface area contributed by atoms with Crippen LogP contribution >= 0.6 is 12.6 Å². The smallest absolute Gasteiger partial charge is 0.228 e. The number of nitrogens with zero attached hydrogens (tertiary/aromatic N) is 3. The first-order valence-electron chi connectivity index (χ1n) is 5.90. The van der Waals surface area contributed by atoms with Gasteiger partial charge in [-0.25, -0.2) is 4.98 Å². The Morgan fingerprint density at radius 2 is 2.22 bits per heavy atom. The fourth-order valence-electron chi connectivity index (χ4n) is 2.29.